The Morgan fingerprint density at radius 2 is 1.43 bits per heavy atom. The van der Waals surface area contributed by atoms with Crippen molar-refractivity contribution in [3.63, 3.8) is 0 Å². The molecule has 286 valence electrons. The molecular formula is C35H55N5O10S. The molecule has 2 aliphatic rings. The SMILES string of the molecule is CCOC(=O)[C@H](CNC(=O)CNC(=O)C(CCC1CCN(C(=O)O)CC1)CCC1CCN(C(=O)OC(C)(C)C)CC1)NS(=O)(=O)c1ccccc1. The molecule has 2 aliphatic heterocycles. The Kier molecular flexibility index (Phi) is 16.0. The fourth-order valence-electron chi connectivity index (χ4n) is 6.28. The fourth-order valence-corrected chi connectivity index (χ4v) is 7.49. The highest BCUT2D eigenvalue weighted by Gasteiger charge is 2.30. The monoisotopic (exact) mass is 737 g/mol. The molecule has 0 bridgehead atoms. The molecule has 0 radical (unpaired) electrons. The summed E-state index contributed by atoms with van der Waals surface area (Å²) in [5.74, 6) is -1.52. The molecule has 15 nitrogen and oxygen atoms in total. The number of ether oxygens (including phenoxy) is 2. The van der Waals surface area contributed by atoms with Gasteiger partial charge in [0.2, 0.25) is 21.8 Å². The van der Waals surface area contributed by atoms with Crippen molar-refractivity contribution < 1.29 is 47.0 Å². The van der Waals surface area contributed by atoms with Crippen LogP contribution in [-0.4, -0.2) is 111 Å². The van der Waals surface area contributed by atoms with Gasteiger partial charge in [-0.2, -0.15) is 4.72 Å². The van der Waals surface area contributed by atoms with Crippen LogP contribution in [0.3, 0.4) is 0 Å². The predicted molar refractivity (Wildman–Crippen MR) is 188 cm³/mol. The summed E-state index contributed by atoms with van der Waals surface area (Å²) >= 11 is 0. The quantitative estimate of drug-likeness (QED) is 0.182. The number of hydrogen-bond acceptors (Lipinski definition) is 9. The van der Waals surface area contributed by atoms with Crippen LogP contribution in [0.15, 0.2) is 35.2 Å². The van der Waals surface area contributed by atoms with Crippen LogP contribution in [0.4, 0.5) is 9.59 Å². The maximum absolute atomic E-state index is 13.5. The van der Waals surface area contributed by atoms with Gasteiger partial charge in [0.15, 0.2) is 0 Å². The third-order valence-corrected chi connectivity index (χ3v) is 10.7. The lowest BCUT2D eigenvalue weighted by atomic mass is 9.84. The number of carboxylic acid groups (broad SMARTS) is 1. The van der Waals surface area contributed by atoms with Gasteiger partial charge in [-0.3, -0.25) is 14.4 Å². The number of likely N-dealkylation sites (tertiary alicyclic amines) is 2. The van der Waals surface area contributed by atoms with Crippen LogP contribution in [-0.2, 0) is 33.9 Å². The first-order valence-electron chi connectivity index (χ1n) is 17.8. The van der Waals surface area contributed by atoms with Crippen LogP contribution in [0.25, 0.3) is 0 Å². The molecule has 1 aromatic carbocycles. The lowest BCUT2D eigenvalue weighted by Crippen LogP contribution is -2.50. The van der Waals surface area contributed by atoms with Crippen molar-refractivity contribution in [2.75, 3.05) is 45.9 Å². The number of nitrogens with one attached hydrogen (secondary N) is 3. The van der Waals surface area contributed by atoms with Gasteiger partial charge >= 0.3 is 18.2 Å². The Morgan fingerprint density at radius 1 is 0.882 bits per heavy atom. The first-order valence-corrected chi connectivity index (χ1v) is 19.3. The second-order valence-electron chi connectivity index (χ2n) is 14.2. The van der Waals surface area contributed by atoms with Crippen LogP contribution in [0.5, 0.6) is 0 Å². The van der Waals surface area contributed by atoms with Gasteiger partial charge in [0.1, 0.15) is 11.6 Å². The van der Waals surface area contributed by atoms with Gasteiger partial charge < -0.3 is 35.0 Å². The number of hydrogen-bond donors (Lipinski definition) is 4. The first kappa shape index (κ1) is 41.5. The number of sulfonamides is 1. The number of rotatable bonds is 16. The van der Waals surface area contributed by atoms with Gasteiger partial charge in [-0.05, 0) is 103 Å². The summed E-state index contributed by atoms with van der Waals surface area (Å²) in [4.78, 5) is 65.7. The van der Waals surface area contributed by atoms with E-state index in [2.05, 4.69) is 15.4 Å². The van der Waals surface area contributed by atoms with Crippen molar-refractivity contribution >= 4 is 40.0 Å². The number of benzene rings is 1. The van der Waals surface area contributed by atoms with Crippen molar-refractivity contribution in [3.05, 3.63) is 30.3 Å². The van der Waals surface area contributed by atoms with Crippen LogP contribution in [0.2, 0.25) is 0 Å². The summed E-state index contributed by atoms with van der Waals surface area (Å²) in [6.07, 6.45) is 4.46. The molecule has 3 rings (SSSR count). The molecular weight excluding hydrogens is 682 g/mol. The number of carbonyl (C=O) groups is 5. The summed E-state index contributed by atoms with van der Waals surface area (Å²) in [6.45, 7) is 8.40. The van der Waals surface area contributed by atoms with E-state index >= 15 is 0 Å². The molecule has 2 heterocycles. The van der Waals surface area contributed by atoms with Gasteiger partial charge in [0, 0.05) is 38.6 Å². The molecule has 16 heteroatoms. The van der Waals surface area contributed by atoms with Gasteiger partial charge in [-0.1, -0.05) is 18.2 Å². The van der Waals surface area contributed by atoms with Gasteiger partial charge in [0.25, 0.3) is 0 Å². The second-order valence-corrected chi connectivity index (χ2v) is 16.0. The van der Waals surface area contributed by atoms with Crippen LogP contribution in [0, 0.1) is 17.8 Å². The number of amides is 4. The Bertz CT molecular complexity index is 1420. The summed E-state index contributed by atoms with van der Waals surface area (Å²) in [6, 6.07) is 6.11. The average Bonchev–Trinajstić information content (AvgIpc) is 3.09. The summed E-state index contributed by atoms with van der Waals surface area (Å²) in [7, 11) is -4.09. The molecule has 4 N–H and O–H groups in total. The third kappa shape index (κ3) is 14.3. The number of nitrogens with zero attached hydrogens (tertiary/aromatic N) is 2. The largest absolute Gasteiger partial charge is 0.465 e. The standard InChI is InChI=1S/C35H55N5O10S/c1-5-49-32(43)29(38-51(47,48)28-9-7-6-8-10-28)23-36-30(41)24-37-31(42)27(13-11-25-15-19-39(20-16-25)33(44)45)14-12-26-17-21-40(22-18-26)34(46)50-35(2,3)4/h6-10,25-27,29,38H,5,11-24H2,1-4H3,(H,36,41)(H,37,42)(H,44,45)/t27?,29-/m0/s1. The van der Waals surface area contributed by atoms with Crippen molar-refractivity contribution in [3.8, 4) is 0 Å². The normalized spacial score (nSPS) is 17.3. The van der Waals surface area contributed by atoms with E-state index in [0.29, 0.717) is 44.9 Å². The minimum atomic E-state index is -4.09. The summed E-state index contributed by atoms with van der Waals surface area (Å²) < 4.78 is 38.5. The Balaban J connectivity index is 1.55. The van der Waals surface area contributed by atoms with E-state index in [0.717, 1.165) is 38.5 Å². The highest BCUT2D eigenvalue weighted by molar-refractivity contribution is 7.89. The van der Waals surface area contributed by atoms with E-state index in [-0.39, 0.29) is 48.4 Å². The Hall–Kier alpha value is -3.92. The zero-order chi connectivity index (χ0) is 37.6. The van der Waals surface area contributed by atoms with Crippen molar-refractivity contribution in [2.45, 2.75) is 95.6 Å². The third-order valence-electron chi connectivity index (χ3n) is 9.22. The van der Waals surface area contributed by atoms with E-state index in [4.69, 9.17) is 9.47 Å². The van der Waals surface area contributed by atoms with E-state index in [1.807, 2.05) is 20.8 Å². The van der Waals surface area contributed by atoms with Gasteiger partial charge in [0.05, 0.1) is 18.0 Å². The molecule has 1 unspecified atom stereocenters. The number of piperidine rings is 2. The van der Waals surface area contributed by atoms with Crippen molar-refractivity contribution in [2.24, 2.45) is 17.8 Å². The Morgan fingerprint density at radius 3 is 1.94 bits per heavy atom. The lowest BCUT2D eigenvalue weighted by molar-refractivity contribution is -0.145. The van der Waals surface area contributed by atoms with Crippen molar-refractivity contribution in [1.82, 2.24) is 25.2 Å². The maximum atomic E-state index is 13.5. The first-order chi connectivity index (χ1) is 24.1. The molecule has 0 saturated carbocycles. The van der Waals surface area contributed by atoms with E-state index in [9.17, 15) is 37.5 Å². The minimum absolute atomic E-state index is 0.00924. The molecule has 2 saturated heterocycles. The van der Waals surface area contributed by atoms with Gasteiger partial charge in [-0.25, -0.2) is 18.0 Å². The molecule has 1 aromatic rings. The zero-order valence-electron chi connectivity index (χ0n) is 30.2. The van der Waals surface area contributed by atoms with Crippen LogP contribution >= 0.6 is 0 Å². The molecule has 0 aliphatic carbocycles. The highest BCUT2D eigenvalue weighted by Crippen LogP contribution is 2.29. The van der Waals surface area contributed by atoms with Crippen LogP contribution in [0.1, 0.15) is 79.1 Å². The molecule has 0 aromatic heterocycles. The average molecular weight is 738 g/mol. The fraction of sp³-hybridized carbons (Fsp3) is 0.686. The number of carbonyl (C=O) groups excluding carboxylic acids is 4. The molecule has 2 atom stereocenters. The lowest BCUT2D eigenvalue weighted by Gasteiger charge is -2.34. The van der Waals surface area contributed by atoms with Crippen molar-refractivity contribution in [1.29, 1.82) is 0 Å². The Labute approximate surface area is 301 Å². The van der Waals surface area contributed by atoms with E-state index in [1.54, 1.807) is 30.0 Å². The highest BCUT2D eigenvalue weighted by atomic mass is 32.2. The van der Waals surface area contributed by atoms with Gasteiger partial charge in [-0.15, -0.1) is 0 Å². The van der Waals surface area contributed by atoms with E-state index in [1.165, 1.54) is 17.0 Å². The second kappa shape index (κ2) is 19.6. The zero-order valence-corrected chi connectivity index (χ0v) is 31.0. The minimum Gasteiger partial charge on any atom is -0.465 e. The topological polar surface area (TPSA) is 201 Å². The molecule has 51 heavy (non-hydrogen) atoms. The predicted octanol–water partition coefficient (Wildman–Crippen LogP) is 3.34. The molecule has 2 fully saturated rings. The summed E-state index contributed by atoms with van der Waals surface area (Å²) in [5.41, 5.74) is -0.571. The number of esters is 1. The molecule has 0 spiro atoms. The van der Waals surface area contributed by atoms with E-state index < -0.39 is 39.6 Å². The molecule has 4 amide bonds. The smallest absolute Gasteiger partial charge is 0.410 e. The summed E-state index contributed by atoms with van der Waals surface area (Å²) in [5, 5.41) is 14.5. The maximum Gasteiger partial charge on any atom is 0.410 e. The van der Waals surface area contributed by atoms with Crippen LogP contribution < -0.4 is 15.4 Å².